The van der Waals surface area contributed by atoms with Crippen LogP contribution in [0.25, 0.3) is 21.8 Å². The Labute approximate surface area is 152 Å². The lowest BCUT2D eigenvalue weighted by Crippen LogP contribution is -2.20. The molecule has 3 aromatic rings. The Morgan fingerprint density at radius 1 is 1.04 bits per heavy atom. The monoisotopic (exact) mass is 358 g/mol. The molecule has 132 valence electrons. The highest BCUT2D eigenvalue weighted by molar-refractivity contribution is 6.31. The molecule has 3 rings (SSSR count). The lowest BCUT2D eigenvalue weighted by atomic mass is 10.1. The van der Waals surface area contributed by atoms with E-state index in [1.807, 2.05) is 36.4 Å². The third-order valence-electron chi connectivity index (χ3n) is 4.40. The van der Waals surface area contributed by atoms with Gasteiger partial charge in [-0.15, -0.1) is 0 Å². The highest BCUT2D eigenvalue weighted by Crippen LogP contribution is 2.36. The van der Waals surface area contributed by atoms with Crippen molar-refractivity contribution >= 4 is 39.1 Å². The maximum Gasteiger partial charge on any atom is 0.119 e. The standard InChI is InChI=1S/C20H23ClN2O2/c1-3-4-5-6-11-23(24)20-16-9-7-14(21)12-19(16)22-18-10-8-15(25-2)13-17(18)20/h7-10,12-13,24H,3-6,11H2,1-2H3. The summed E-state index contributed by atoms with van der Waals surface area (Å²) in [5.74, 6) is 0.739. The number of methoxy groups -OCH3 is 1. The number of unbranched alkanes of at least 4 members (excludes halogenated alkanes) is 3. The van der Waals surface area contributed by atoms with Gasteiger partial charge in [0.1, 0.15) is 5.75 Å². The van der Waals surface area contributed by atoms with Gasteiger partial charge in [0, 0.05) is 22.3 Å². The zero-order valence-electron chi connectivity index (χ0n) is 14.6. The predicted molar refractivity (Wildman–Crippen MR) is 104 cm³/mol. The molecule has 0 atom stereocenters. The average Bonchev–Trinajstić information content (AvgIpc) is 2.62. The molecule has 0 unspecified atom stereocenters. The summed E-state index contributed by atoms with van der Waals surface area (Å²) < 4.78 is 5.35. The summed E-state index contributed by atoms with van der Waals surface area (Å²) in [6.07, 6.45) is 4.38. The zero-order chi connectivity index (χ0) is 17.8. The Kier molecular flexibility index (Phi) is 5.61. The zero-order valence-corrected chi connectivity index (χ0v) is 15.4. The first-order chi connectivity index (χ1) is 12.1. The van der Waals surface area contributed by atoms with Gasteiger partial charge in [-0.2, -0.15) is 0 Å². The van der Waals surface area contributed by atoms with Crippen molar-refractivity contribution in [2.75, 3.05) is 18.7 Å². The molecule has 0 saturated heterocycles. The van der Waals surface area contributed by atoms with E-state index in [-0.39, 0.29) is 0 Å². The van der Waals surface area contributed by atoms with Crippen LogP contribution >= 0.6 is 11.6 Å². The van der Waals surface area contributed by atoms with Crippen LogP contribution in [-0.4, -0.2) is 23.8 Å². The number of aromatic nitrogens is 1. The van der Waals surface area contributed by atoms with Gasteiger partial charge in [-0.3, -0.25) is 10.3 Å². The molecule has 1 aromatic heterocycles. The fourth-order valence-electron chi connectivity index (χ4n) is 3.08. The maximum atomic E-state index is 10.8. The van der Waals surface area contributed by atoms with Gasteiger partial charge >= 0.3 is 0 Å². The first kappa shape index (κ1) is 17.8. The Morgan fingerprint density at radius 3 is 2.64 bits per heavy atom. The van der Waals surface area contributed by atoms with Crippen LogP contribution in [0.1, 0.15) is 32.6 Å². The maximum absolute atomic E-state index is 10.8. The molecule has 2 aromatic carbocycles. The molecule has 1 heterocycles. The van der Waals surface area contributed by atoms with E-state index in [1.54, 1.807) is 7.11 Å². The largest absolute Gasteiger partial charge is 0.497 e. The molecule has 0 radical (unpaired) electrons. The second kappa shape index (κ2) is 7.89. The third kappa shape index (κ3) is 3.80. The second-order valence-corrected chi connectivity index (χ2v) is 6.63. The summed E-state index contributed by atoms with van der Waals surface area (Å²) in [4.78, 5) is 4.69. The first-order valence-electron chi connectivity index (χ1n) is 8.67. The predicted octanol–water partition coefficient (Wildman–Crippen LogP) is 5.83. The van der Waals surface area contributed by atoms with Gasteiger partial charge in [-0.1, -0.05) is 37.8 Å². The Hall–Kier alpha value is -2.04. The van der Waals surface area contributed by atoms with Gasteiger partial charge in [0.25, 0.3) is 0 Å². The van der Waals surface area contributed by atoms with Crippen LogP contribution in [-0.2, 0) is 0 Å². The number of rotatable bonds is 7. The van der Waals surface area contributed by atoms with Gasteiger partial charge in [-0.05, 0) is 42.8 Å². The van der Waals surface area contributed by atoms with E-state index in [2.05, 4.69) is 11.9 Å². The molecule has 1 N–H and O–H groups in total. The summed E-state index contributed by atoms with van der Waals surface area (Å²) in [7, 11) is 1.64. The Balaban J connectivity index is 2.12. The average molecular weight is 359 g/mol. The normalized spacial score (nSPS) is 11.2. The van der Waals surface area contributed by atoms with Crippen LogP contribution in [0, 0.1) is 0 Å². The van der Waals surface area contributed by atoms with Gasteiger partial charge in [0.2, 0.25) is 0 Å². The van der Waals surface area contributed by atoms with Crippen LogP contribution in [0.15, 0.2) is 36.4 Å². The van der Waals surface area contributed by atoms with Gasteiger partial charge in [0.05, 0.1) is 23.8 Å². The second-order valence-electron chi connectivity index (χ2n) is 6.19. The molecular weight excluding hydrogens is 336 g/mol. The van der Waals surface area contributed by atoms with E-state index < -0.39 is 0 Å². The summed E-state index contributed by atoms with van der Waals surface area (Å²) in [6.45, 7) is 2.75. The van der Waals surface area contributed by atoms with E-state index in [1.165, 1.54) is 17.9 Å². The number of benzene rings is 2. The number of halogens is 1. The van der Waals surface area contributed by atoms with E-state index in [9.17, 15) is 5.21 Å². The minimum Gasteiger partial charge on any atom is -0.497 e. The molecule has 0 bridgehead atoms. The molecular formula is C20H23ClN2O2. The number of hydrogen-bond acceptors (Lipinski definition) is 4. The SMILES string of the molecule is CCCCCCN(O)c1c2ccc(Cl)cc2nc2ccc(OC)cc12. The fourth-order valence-corrected chi connectivity index (χ4v) is 3.25. The molecule has 4 nitrogen and oxygen atoms in total. The van der Waals surface area contributed by atoms with Crippen LogP contribution in [0.4, 0.5) is 5.69 Å². The van der Waals surface area contributed by atoms with Gasteiger partial charge in [-0.25, -0.2) is 4.98 Å². The topological polar surface area (TPSA) is 45.6 Å². The summed E-state index contributed by atoms with van der Waals surface area (Å²) >= 11 is 6.13. The number of pyridine rings is 1. The molecule has 0 fully saturated rings. The van der Waals surface area contributed by atoms with Crippen LogP contribution in [0.5, 0.6) is 5.75 Å². The smallest absolute Gasteiger partial charge is 0.119 e. The van der Waals surface area contributed by atoms with Crippen molar-refractivity contribution in [1.29, 1.82) is 0 Å². The molecule has 0 amide bonds. The molecule has 0 aliphatic carbocycles. The Bertz CT molecular complexity index is 882. The van der Waals surface area contributed by atoms with Crippen molar-refractivity contribution in [3.8, 4) is 5.75 Å². The summed E-state index contributed by atoms with van der Waals surface area (Å²) in [5.41, 5.74) is 2.33. The van der Waals surface area contributed by atoms with Crippen molar-refractivity contribution in [1.82, 2.24) is 4.98 Å². The van der Waals surface area contributed by atoms with Crippen LogP contribution < -0.4 is 9.80 Å². The molecule has 0 aliphatic rings. The van der Waals surface area contributed by atoms with E-state index >= 15 is 0 Å². The van der Waals surface area contributed by atoms with Crippen molar-refractivity contribution < 1.29 is 9.94 Å². The van der Waals surface area contributed by atoms with Crippen LogP contribution in [0.3, 0.4) is 0 Å². The minimum atomic E-state index is 0.577. The van der Waals surface area contributed by atoms with Crippen molar-refractivity contribution in [2.24, 2.45) is 0 Å². The number of anilines is 1. The number of hydrogen-bond donors (Lipinski definition) is 1. The van der Waals surface area contributed by atoms with Crippen LogP contribution in [0.2, 0.25) is 5.02 Å². The lowest BCUT2D eigenvalue weighted by molar-refractivity contribution is 0.253. The highest BCUT2D eigenvalue weighted by Gasteiger charge is 2.15. The van der Waals surface area contributed by atoms with E-state index in [4.69, 9.17) is 16.3 Å². The molecule has 0 saturated carbocycles. The minimum absolute atomic E-state index is 0.577. The number of hydroxylamine groups is 1. The first-order valence-corrected chi connectivity index (χ1v) is 9.05. The number of fused-ring (bicyclic) bond motifs is 2. The molecule has 5 heteroatoms. The van der Waals surface area contributed by atoms with E-state index in [0.29, 0.717) is 11.6 Å². The van der Waals surface area contributed by atoms with Crippen molar-refractivity contribution in [2.45, 2.75) is 32.6 Å². The third-order valence-corrected chi connectivity index (χ3v) is 4.63. The lowest BCUT2D eigenvalue weighted by Gasteiger charge is -2.21. The molecule has 0 spiro atoms. The quantitative estimate of drug-likeness (QED) is 0.328. The highest BCUT2D eigenvalue weighted by atomic mass is 35.5. The fraction of sp³-hybridized carbons (Fsp3) is 0.350. The molecule has 0 aliphatic heterocycles. The molecule has 25 heavy (non-hydrogen) atoms. The van der Waals surface area contributed by atoms with Gasteiger partial charge in [0.15, 0.2) is 0 Å². The number of ether oxygens (including phenoxy) is 1. The Morgan fingerprint density at radius 2 is 1.88 bits per heavy atom. The summed E-state index contributed by atoms with van der Waals surface area (Å²) in [5, 5.41) is 14.5. The van der Waals surface area contributed by atoms with Crippen molar-refractivity contribution in [3.63, 3.8) is 0 Å². The number of nitrogens with zero attached hydrogens (tertiary/aromatic N) is 2. The summed E-state index contributed by atoms with van der Waals surface area (Å²) in [6, 6.07) is 11.3. The van der Waals surface area contributed by atoms with Gasteiger partial charge < -0.3 is 4.74 Å². The van der Waals surface area contributed by atoms with Crippen molar-refractivity contribution in [3.05, 3.63) is 41.4 Å². The van der Waals surface area contributed by atoms with E-state index in [0.717, 1.165) is 46.1 Å².